The minimum atomic E-state index is -0.605. The smallest absolute Gasteiger partial charge is 0.0723 e. The van der Waals surface area contributed by atoms with Gasteiger partial charge in [-0.3, -0.25) is 0 Å². The molecule has 1 aliphatic carbocycles. The highest BCUT2D eigenvalue weighted by Gasteiger charge is 2.50. The summed E-state index contributed by atoms with van der Waals surface area (Å²) in [6.45, 7) is 8.16. The average molecular weight is 186 g/mol. The fourth-order valence-corrected chi connectivity index (χ4v) is 2.95. The standard InChI is InChI=1S/C11H22O2/c1-5-11(13)8(2)6-9(12)7-10(11,3)4/h8-9,12-13H,5-7H2,1-4H3. The van der Waals surface area contributed by atoms with Gasteiger partial charge in [0.15, 0.2) is 0 Å². The number of hydrogen-bond donors (Lipinski definition) is 2. The predicted octanol–water partition coefficient (Wildman–Crippen LogP) is 1.94. The van der Waals surface area contributed by atoms with E-state index in [0.29, 0.717) is 6.42 Å². The van der Waals surface area contributed by atoms with Gasteiger partial charge in [-0.15, -0.1) is 0 Å². The molecule has 2 nitrogen and oxygen atoms in total. The van der Waals surface area contributed by atoms with E-state index in [2.05, 4.69) is 13.8 Å². The van der Waals surface area contributed by atoms with E-state index in [9.17, 15) is 10.2 Å². The Bertz CT molecular complexity index is 189. The Hall–Kier alpha value is -0.0800. The summed E-state index contributed by atoms with van der Waals surface area (Å²) in [7, 11) is 0. The average Bonchev–Trinajstić information content (AvgIpc) is 1.98. The van der Waals surface area contributed by atoms with E-state index in [1.807, 2.05) is 13.8 Å². The SMILES string of the molecule is CCC1(O)C(C)CC(O)CC1(C)C. The third-order valence-electron chi connectivity index (χ3n) is 3.90. The van der Waals surface area contributed by atoms with Crippen LogP contribution in [0.1, 0.15) is 47.0 Å². The van der Waals surface area contributed by atoms with Crippen LogP contribution >= 0.6 is 0 Å². The quantitative estimate of drug-likeness (QED) is 0.657. The molecule has 0 heterocycles. The van der Waals surface area contributed by atoms with Gasteiger partial charge in [-0.25, -0.2) is 0 Å². The van der Waals surface area contributed by atoms with Crippen molar-refractivity contribution in [3.8, 4) is 0 Å². The third-order valence-corrected chi connectivity index (χ3v) is 3.90. The molecular weight excluding hydrogens is 164 g/mol. The lowest BCUT2D eigenvalue weighted by molar-refractivity contribution is -0.161. The molecule has 0 aromatic rings. The van der Waals surface area contributed by atoms with Gasteiger partial charge in [-0.1, -0.05) is 27.7 Å². The van der Waals surface area contributed by atoms with E-state index in [1.54, 1.807) is 0 Å². The maximum Gasteiger partial charge on any atom is 0.0723 e. The van der Waals surface area contributed by atoms with Crippen molar-refractivity contribution >= 4 is 0 Å². The monoisotopic (exact) mass is 186 g/mol. The zero-order valence-corrected chi connectivity index (χ0v) is 9.17. The molecule has 2 heteroatoms. The van der Waals surface area contributed by atoms with Gasteiger partial charge in [0, 0.05) is 0 Å². The Kier molecular flexibility index (Phi) is 2.75. The lowest BCUT2D eigenvalue weighted by atomic mass is 9.59. The molecule has 0 aromatic carbocycles. The minimum absolute atomic E-state index is 0.168. The Morgan fingerprint density at radius 1 is 1.38 bits per heavy atom. The van der Waals surface area contributed by atoms with E-state index in [0.717, 1.165) is 12.8 Å². The molecule has 0 bridgehead atoms. The van der Waals surface area contributed by atoms with Crippen molar-refractivity contribution in [2.24, 2.45) is 11.3 Å². The molecule has 3 atom stereocenters. The molecule has 78 valence electrons. The summed E-state index contributed by atoms with van der Waals surface area (Å²) < 4.78 is 0. The minimum Gasteiger partial charge on any atom is -0.393 e. The summed E-state index contributed by atoms with van der Waals surface area (Å²) in [4.78, 5) is 0. The van der Waals surface area contributed by atoms with E-state index in [-0.39, 0.29) is 17.4 Å². The Morgan fingerprint density at radius 3 is 2.31 bits per heavy atom. The van der Waals surface area contributed by atoms with E-state index < -0.39 is 5.60 Å². The van der Waals surface area contributed by atoms with Crippen LogP contribution in [0.4, 0.5) is 0 Å². The van der Waals surface area contributed by atoms with Crippen LogP contribution in [0.3, 0.4) is 0 Å². The molecule has 2 N–H and O–H groups in total. The molecule has 0 radical (unpaired) electrons. The predicted molar refractivity (Wildman–Crippen MR) is 53.4 cm³/mol. The molecule has 1 fully saturated rings. The van der Waals surface area contributed by atoms with Crippen LogP contribution in [0.25, 0.3) is 0 Å². The van der Waals surface area contributed by atoms with Gasteiger partial charge in [-0.05, 0) is 30.6 Å². The molecule has 1 rings (SSSR count). The molecular formula is C11H22O2. The van der Waals surface area contributed by atoms with Crippen LogP contribution in [0.5, 0.6) is 0 Å². The Morgan fingerprint density at radius 2 is 1.92 bits per heavy atom. The molecule has 0 spiro atoms. The molecule has 0 aromatic heterocycles. The van der Waals surface area contributed by atoms with Crippen molar-refractivity contribution in [3.63, 3.8) is 0 Å². The number of aliphatic hydroxyl groups is 2. The molecule has 0 aliphatic heterocycles. The number of hydrogen-bond acceptors (Lipinski definition) is 2. The van der Waals surface area contributed by atoms with Gasteiger partial charge in [0.05, 0.1) is 11.7 Å². The van der Waals surface area contributed by atoms with Gasteiger partial charge in [0.2, 0.25) is 0 Å². The topological polar surface area (TPSA) is 40.5 Å². The Balaban J connectivity index is 2.92. The van der Waals surface area contributed by atoms with Crippen molar-refractivity contribution in [2.75, 3.05) is 0 Å². The molecule has 1 saturated carbocycles. The summed E-state index contributed by atoms with van der Waals surface area (Å²) in [6.07, 6.45) is 1.97. The van der Waals surface area contributed by atoms with Crippen LogP contribution in [0.2, 0.25) is 0 Å². The first kappa shape index (κ1) is 11.0. The first-order chi connectivity index (χ1) is 5.83. The highest BCUT2D eigenvalue weighted by atomic mass is 16.3. The summed E-state index contributed by atoms with van der Waals surface area (Å²) in [5, 5.41) is 20.1. The lowest BCUT2D eigenvalue weighted by Crippen LogP contribution is -2.55. The summed E-state index contributed by atoms with van der Waals surface area (Å²) in [5.41, 5.74) is -0.773. The molecule has 0 amide bonds. The summed E-state index contributed by atoms with van der Waals surface area (Å²) in [6, 6.07) is 0. The van der Waals surface area contributed by atoms with Gasteiger partial charge in [0.25, 0.3) is 0 Å². The second-order valence-electron chi connectivity index (χ2n) is 5.16. The number of aliphatic hydroxyl groups excluding tert-OH is 1. The van der Waals surface area contributed by atoms with E-state index >= 15 is 0 Å². The normalized spacial score (nSPS) is 44.8. The third kappa shape index (κ3) is 1.62. The van der Waals surface area contributed by atoms with Crippen LogP contribution < -0.4 is 0 Å². The van der Waals surface area contributed by atoms with Crippen LogP contribution in [-0.4, -0.2) is 21.9 Å². The van der Waals surface area contributed by atoms with Gasteiger partial charge >= 0.3 is 0 Å². The highest BCUT2D eigenvalue weighted by molar-refractivity contribution is 5.01. The largest absolute Gasteiger partial charge is 0.393 e. The van der Waals surface area contributed by atoms with Crippen LogP contribution in [0.15, 0.2) is 0 Å². The molecule has 13 heavy (non-hydrogen) atoms. The van der Waals surface area contributed by atoms with Gasteiger partial charge in [-0.2, -0.15) is 0 Å². The summed E-state index contributed by atoms with van der Waals surface area (Å²) >= 11 is 0. The summed E-state index contributed by atoms with van der Waals surface area (Å²) in [5.74, 6) is 0.191. The first-order valence-corrected chi connectivity index (χ1v) is 5.24. The van der Waals surface area contributed by atoms with Crippen LogP contribution in [0, 0.1) is 11.3 Å². The van der Waals surface area contributed by atoms with Crippen molar-refractivity contribution in [1.29, 1.82) is 0 Å². The second-order valence-corrected chi connectivity index (χ2v) is 5.16. The fourth-order valence-electron chi connectivity index (χ4n) is 2.95. The fraction of sp³-hybridized carbons (Fsp3) is 1.00. The van der Waals surface area contributed by atoms with Crippen molar-refractivity contribution in [1.82, 2.24) is 0 Å². The lowest BCUT2D eigenvalue weighted by Gasteiger charge is -2.51. The zero-order valence-electron chi connectivity index (χ0n) is 9.17. The maximum absolute atomic E-state index is 10.5. The van der Waals surface area contributed by atoms with Crippen molar-refractivity contribution in [3.05, 3.63) is 0 Å². The van der Waals surface area contributed by atoms with E-state index in [1.165, 1.54) is 0 Å². The van der Waals surface area contributed by atoms with Crippen molar-refractivity contribution < 1.29 is 10.2 Å². The molecule has 3 unspecified atom stereocenters. The van der Waals surface area contributed by atoms with E-state index in [4.69, 9.17) is 0 Å². The second kappa shape index (κ2) is 3.25. The first-order valence-electron chi connectivity index (χ1n) is 5.24. The van der Waals surface area contributed by atoms with Gasteiger partial charge < -0.3 is 10.2 Å². The molecule has 1 aliphatic rings. The van der Waals surface area contributed by atoms with Gasteiger partial charge in [0.1, 0.15) is 0 Å². The van der Waals surface area contributed by atoms with Crippen LogP contribution in [-0.2, 0) is 0 Å². The Labute approximate surface area is 81.0 Å². The van der Waals surface area contributed by atoms with Crippen molar-refractivity contribution in [2.45, 2.75) is 58.7 Å². The number of rotatable bonds is 1. The zero-order chi connectivity index (χ0) is 10.3. The molecule has 0 saturated heterocycles. The maximum atomic E-state index is 10.5. The highest BCUT2D eigenvalue weighted by Crippen LogP contribution is 2.48.